The Morgan fingerprint density at radius 1 is 1.38 bits per heavy atom. The summed E-state index contributed by atoms with van der Waals surface area (Å²) in [7, 11) is 0. The van der Waals surface area contributed by atoms with Gasteiger partial charge in [-0.3, -0.25) is 0 Å². The fourth-order valence-corrected chi connectivity index (χ4v) is 2.33. The summed E-state index contributed by atoms with van der Waals surface area (Å²) in [5, 5.41) is 10.6. The average Bonchev–Trinajstić information content (AvgIpc) is 2.32. The van der Waals surface area contributed by atoms with Gasteiger partial charge in [0, 0.05) is 10.6 Å². The van der Waals surface area contributed by atoms with E-state index in [1.54, 1.807) is 0 Å². The predicted octanol–water partition coefficient (Wildman–Crippen LogP) is 3.87. The van der Waals surface area contributed by atoms with Crippen LogP contribution >= 0.6 is 11.6 Å². The van der Waals surface area contributed by atoms with Crippen molar-refractivity contribution in [3.63, 3.8) is 0 Å². The van der Waals surface area contributed by atoms with Gasteiger partial charge in [0.1, 0.15) is 5.82 Å². The van der Waals surface area contributed by atoms with Crippen molar-refractivity contribution in [1.29, 1.82) is 0 Å². The average molecular weight is 241 g/mol. The van der Waals surface area contributed by atoms with Gasteiger partial charge in [-0.2, -0.15) is 0 Å². The van der Waals surface area contributed by atoms with E-state index in [0.29, 0.717) is 10.6 Å². The number of hydrogen-bond acceptors (Lipinski definition) is 1. The maximum absolute atomic E-state index is 13.1. The first-order valence-electron chi connectivity index (χ1n) is 5.46. The molecule has 0 fully saturated rings. The molecule has 1 aromatic carbocycles. The van der Waals surface area contributed by atoms with Crippen molar-refractivity contribution in [1.82, 2.24) is 0 Å². The summed E-state index contributed by atoms with van der Waals surface area (Å²) in [5.41, 5.74) is 0.502. The molecule has 0 aliphatic heterocycles. The summed E-state index contributed by atoms with van der Waals surface area (Å²) in [6, 6.07) is 4.12. The summed E-state index contributed by atoms with van der Waals surface area (Å²) in [5.74, 6) is -0.214. The monoisotopic (exact) mass is 240 g/mol. The maximum atomic E-state index is 13.1. The molecule has 86 valence electrons. The molecule has 1 aliphatic rings. The van der Waals surface area contributed by atoms with Crippen LogP contribution in [0.3, 0.4) is 0 Å². The number of halogens is 2. The molecule has 0 saturated heterocycles. The van der Waals surface area contributed by atoms with Crippen LogP contribution in [0.2, 0.25) is 5.02 Å². The Morgan fingerprint density at radius 3 is 2.88 bits per heavy atom. The van der Waals surface area contributed by atoms with Gasteiger partial charge in [0.25, 0.3) is 0 Å². The van der Waals surface area contributed by atoms with Crippen molar-refractivity contribution in [2.24, 2.45) is 5.92 Å². The van der Waals surface area contributed by atoms with Crippen LogP contribution < -0.4 is 0 Å². The minimum Gasteiger partial charge on any atom is -0.388 e. The minimum absolute atomic E-state index is 0.143. The third kappa shape index (κ3) is 2.45. The molecule has 2 atom stereocenters. The molecule has 2 rings (SSSR count). The van der Waals surface area contributed by atoms with E-state index >= 15 is 0 Å². The van der Waals surface area contributed by atoms with Crippen molar-refractivity contribution >= 4 is 11.6 Å². The van der Waals surface area contributed by atoms with E-state index in [0.717, 1.165) is 19.3 Å². The second kappa shape index (κ2) is 4.98. The highest BCUT2D eigenvalue weighted by Gasteiger charge is 2.23. The van der Waals surface area contributed by atoms with Crippen LogP contribution in [0.25, 0.3) is 0 Å². The number of aliphatic hydroxyl groups excluding tert-OH is 1. The molecule has 0 amide bonds. The van der Waals surface area contributed by atoms with Gasteiger partial charge in [-0.05, 0) is 43.4 Å². The number of hydrogen-bond donors (Lipinski definition) is 1. The number of allylic oxidation sites excluding steroid dienone is 2. The van der Waals surface area contributed by atoms with Crippen LogP contribution in [0.5, 0.6) is 0 Å². The SMILES string of the molecule is OC(c1cc(F)ccc1Cl)C1CC=CCC1. The fraction of sp³-hybridized carbons (Fsp3) is 0.385. The highest BCUT2D eigenvalue weighted by Crippen LogP contribution is 2.35. The first kappa shape index (κ1) is 11.6. The van der Waals surface area contributed by atoms with Gasteiger partial charge in [0.15, 0.2) is 0 Å². The summed E-state index contributed by atoms with van der Waals surface area (Å²) in [6.45, 7) is 0. The number of aliphatic hydroxyl groups is 1. The zero-order valence-corrected chi connectivity index (χ0v) is 9.62. The summed E-state index contributed by atoms with van der Waals surface area (Å²) in [4.78, 5) is 0. The van der Waals surface area contributed by atoms with Gasteiger partial charge in [0.05, 0.1) is 6.10 Å². The maximum Gasteiger partial charge on any atom is 0.123 e. The van der Waals surface area contributed by atoms with E-state index in [9.17, 15) is 9.50 Å². The Bertz CT molecular complexity index is 403. The topological polar surface area (TPSA) is 20.2 Å². The molecule has 16 heavy (non-hydrogen) atoms. The first-order chi connectivity index (χ1) is 7.68. The van der Waals surface area contributed by atoms with Gasteiger partial charge in [-0.1, -0.05) is 23.8 Å². The Labute approximate surface area is 99.6 Å². The van der Waals surface area contributed by atoms with Gasteiger partial charge in [-0.15, -0.1) is 0 Å². The van der Waals surface area contributed by atoms with Crippen LogP contribution in [0.4, 0.5) is 4.39 Å². The minimum atomic E-state index is -0.673. The van der Waals surface area contributed by atoms with E-state index in [4.69, 9.17) is 11.6 Å². The molecule has 1 aromatic rings. The molecule has 0 heterocycles. The molecule has 1 nitrogen and oxygen atoms in total. The van der Waals surface area contributed by atoms with Crippen LogP contribution in [0, 0.1) is 11.7 Å². The zero-order chi connectivity index (χ0) is 11.5. The van der Waals surface area contributed by atoms with E-state index < -0.39 is 6.10 Å². The molecule has 1 N–H and O–H groups in total. The summed E-state index contributed by atoms with van der Waals surface area (Å²) in [6.07, 6.45) is 6.21. The predicted molar refractivity (Wildman–Crippen MR) is 62.9 cm³/mol. The fourth-order valence-electron chi connectivity index (χ4n) is 2.10. The van der Waals surface area contributed by atoms with Crippen molar-refractivity contribution in [3.8, 4) is 0 Å². The highest BCUT2D eigenvalue weighted by atomic mass is 35.5. The highest BCUT2D eigenvalue weighted by molar-refractivity contribution is 6.31. The van der Waals surface area contributed by atoms with Gasteiger partial charge < -0.3 is 5.11 Å². The van der Waals surface area contributed by atoms with Crippen LogP contribution in [0.15, 0.2) is 30.4 Å². The van der Waals surface area contributed by atoms with Gasteiger partial charge >= 0.3 is 0 Å². The lowest BCUT2D eigenvalue weighted by Gasteiger charge is -2.24. The Balaban J connectivity index is 2.22. The van der Waals surface area contributed by atoms with Crippen molar-refractivity contribution < 1.29 is 9.50 Å². The van der Waals surface area contributed by atoms with E-state index in [1.165, 1.54) is 18.2 Å². The van der Waals surface area contributed by atoms with Gasteiger partial charge in [0.2, 0.25) is 0 Å². The molecule has 0 bridgehead atoms. The normalized spacial score (nSPS) is 22.1. The third-order valence-electron chi connectivity index (χ3n) is 3.03. The van der Waals surface area contributed by atoms with E-state index in [1.807, 2.05) is 0 Å². The van der Waals surface area contributed by atoms with Crippen LogP contribution in [0.1, 0.15) is 30.9 Å². The second-order valence-electron chi connectivity index (χ2n) is 4.16. The summed E-state index contributed by atoms with van der Waals surface area (Å²) < 4.78 is 13.1. The molecular formula is C13H14ClFO. The van der Waals surface area contributed by atoms with Gasteiger partial charge in [-0.25, -0.2) is 4.39 Å². The van der Waals surface area contributed by atoms with Crippen LogP contribution in [-0.2, 0) is 0 Å². The largest absolute Gasteiger partial charge is 0.388 e. The van der Waals surface area contributed by atoms with Crippen LogP contribution in [-0.4, -0.2) is 5.11 Å². The number of rotatable bonds is 2. The quantitative estimate of drug-likeness (QED) is 0.778. The lowest BCUT2D eigenvalue weighted by Crippen LogP contribution is -2.14. The second-order valence-corrected chi connectivity index (χ2v) is 4.56. The molecule has 0 aromatic heterocycles. The van der Waals surface area contributed by atoms with Crippen molar-refractivity contribution in [2.75, 3.05) is 0 Å². The Hall–Kier alpha value is -0.860. The zero-order valence-electron chi connectivity index (χ0n) is 8.87. The van der Waals surface area contributed by atoms with E-state index in [2.05, 4.69) is 12.2 Å². The summed E-state index contributed by atoms with van der Waals surface area (Å²) >= 11 is 5.97. The molecular weight excluding hydrogens is 227 g/mol. The lowest BCUT2D eigenvalue weighted by molar-refractivity contribution is 0.102. The Morgan fingerprint density at radius 2 is 2.19 bits per heavy atom. The van der Waals surface area contributed by atoms with E-state index in [-0.39, 0.29) is 11.7 Å². The first-order valence-corrected chi connectivity index (χ1v) is 5.84. The molecule has 0 saturated carbocycles. The Kier molecular flexibility index (Phi) is 3.62. The third-order valence-corrected chi connectivity index (χ3v) is 3.38. The molecule has 2 unspecified atom stereocenters. The van der Waals surface area contributed by atoms with Crippen molar-refractivity contribution in [2.45, 2.75) is 25.4 Å². The molecule has 1 aliphatic carbocycles. The molecule has 0 spiro atoms. The molecule has 0 radical (unpaired) electrons. The standard InChI is InChI=1S/C13H14ClFO/c14-12-7-6-10(15)8-11(12)13(16)9-4-2-1-3-5-9/h1-2,6-9,13,16H,3-5H2. The lowest BCUT2D eigenvalue weighted by atomic mass is 9.86. The smallest absolute Gasteiger partial charge is 0.123 e. The van der Waals surface area contributed by atoms with Crippen molar-refractivity contribution in [3.05, 3.63) is 46.8 Å². The number of benzene rings is 1. The molecule has 3 heteroatoms.